The van der Waals surface area contributed by atoms with Crippen molar-refractivity contribution in [3.63, 3.8) is 0 Å². The normalized spacial score (nSPS) is 10.7. The van der Waals surface area contributed by atoms with Gasteiger partial charge in [0.1, 0.15) is 6.54 Å². The van der Waals surface area contributed by atoms with E-state index in [1.807, 2.05) is 20.8 Å². The lowest BCUT2D eigenvalue weighted by molar-refractivity contribution is -0.135. The number of likely N-dealkylation sites (N-methyl/N-ethyl adjacent to an activating group) is 1. The van der Waals surface area contributed by atoms with Crippen molar-refractivity contribution in [3.05, 3.63) is 11.4 Å². The largest absolute Gasteiger partial charge is 0.396 e. The Balaban J connectivity index is 2.62. The monoisotopic (exact) mass is 281 g/mol. The van der Waals surface area contributed by atoms with Crippen LogP contribution in [0.3, 0.4) is 0 Å². The average Bonchev–Trinajstić information content (AvgIpc) is 2.55. The molecule has 0 saturated carbocycles. The molecule has 3 N–H and O–H groups in total. The van der Waals surface area contributed by atoms with Crippen LogP contribution in [-0.4, -0.2) is 46.1 Å². The van der Waals surface area contributed by atoms with Crippen LogP contribution in [-0.2, 0) is 16.1 Å². The molecule has 0 atom stereocenters. The van der Waals surface area contributed by atoms with Crippen molar-refractivity contribution in [2.45, 2.75) is 40.3 Å². The van der Waals surface area contributed by atoms with Crippen LogP contribution in [0.2, 0.25) is 0 Å². The fraction of sp³-hybridized carbons (Fsp3) is 0.615. The maximum absolute atomic E-state index is 12.1. The molecule has 0 spiro atoms. The Morgan fingerprint density at radius 1 is 1.40 bits per heavy atom. The number of aryl methyl sites for hydroxylation is 1. The molecule has 0 aliphatic rings. The molecule has 0 radical (unpaired) electrons. The Kier molecular flexibility index (Phi) is 5.12. The van der Waals surface area contributed by atoms with Crippen molar-refractivity contribution >= 4 is 17.5 Å². The van der Waals surface area contributed by atoms with Crippen molar-refractivity contribution < 1.29 is 9.59 Å². The van der Waals surface area contributed by atoms with Gasteiger partial charge in [-0.2, -0.15) is 5.10 Å². The number of aromatic nitrogens is 2. The molecule has 0 aliphatic heterocycles. The van der Waals surface area contributed by atoms with Gasteiger partial charge in [-0.25, -0.2) is 0 Å². The fourth-order valence-electron chi connectivity index (χ4n) is 1.78. The van der Waals surface area contributed by atoms with Gasteiger partial charge in [-0.15, -0.1) is 0 Å². The van der Waals surface area contributed by atoms with Crippen molar-refractivity contribution in [1.29, 1.82) is 0 Å². The zero-order valence-corrected chi connectivity index (χ0v) is 12.7. The van der Waals surface area contributed by atoms with Crippen LogP contribution >= 0.6 is 0 Å². The third-order valence-electron chi connectivity index (χ3n) is 2.98. The second-order valence-corrected chi connectivity index (χ2v) is 5.21. The highest BCUT2D eigenvalue weighted by atomic mass is 16.2. The van der Waals surface area contributed by atoms with E-state index in [2.05, 4.69) is 10.4 Å². The molecule has 1 rings (SSSR count). The van der Waals surface area contributed by atoms with Gasteiger partial charge >= 0.3 is 0 Å². The van der Waals surface area contributed by atoms with Crippen molar-refractivity contribution in [2.24, 2.45) is 0 Å². The van der Waals surface area contributed by atoms with Crippen molar-refractivity contribution in [3.8, 4) is 0 Å². The van der Waals surface area contributed by atoms with Gasteiger partial charge in [-0.1, -0.05) is 0 Å². The molecule has 7 nitrogen and oxygen atoms in total. The van der Waals surface area contributed by atoms with Gasteiger partial charge in [0.15, 0.2) is 0 Å². The first-order valence-corrected chi connectivity index (χ1v) is 6.55. The number of nitrogens with two attached hydrogens (primary N) is 1. The molecular weight excluding hydrogens is 258 g/mol. The maximum atomic E-state index is 12.1. The Bertz CT molecular complexity index is 507. The summed E-state index contributed by atoms with van der Waals surface area (Å²) in [6, 6.07) is 0.0572. The molecule has 0 fully saturated rings. The summed E-state index contributed by atoms with van der Waals surface area (Å²) in [5, 5.41) is 6.95. The van der Waals surface area contributed by atoms with Crippen LogP contribution in [0.4, 0.5) is 5.69 Å². The molecule has 2 amide bonds. The van der Waals surface area contributed by atoms with Crippen LogP contribution in [0, 0.1) is 13.8 Å². The van der Waals surface area contributed by atoms with Gasteiger partial charge in [-0.05, 0) is 27.7 Å². The minimum atomic E-state index is -0.186. The molecular formula is C13H23N5O2. The van der Waals surface area contributed by atoms with Gasteiger partial charge < -0.3 is 16.0 Å². The summed E-state index contributed by atoms with van der Waals surface area (Å²) in [7, 11) is 1.59. The van der Waals surface area contributed by atoms with E-state index in [0.29, 0.717) is 11.4 Å². The minimum absolute atomic E-state index is 0.0335. The smallest absolute Gasteiger partial charge is 0.244 e. The maximum Gasteiger partial charge on any atom is 0.244 e. The van der Waals surface area contributed by atoms with E-state index in [1.165, 1.54) is 4.90 Å². The van der Waals surface area contributed by atoms with E-state index >= 15 is 0 Å². The van der Waals surface area contributed by atoms with E-state index in [1.54, 1.807) is 18.7 Å². The molecule has 7 heteroatoms. The molecule has 0 aliphatic carbocycles. The van der Waals surface area contributed by atoms with E-state index < -0.39 is 0 Å². The number of carbonyl (C=O) groups is 2. The first-order chi connectivity index (χ1) is 9.22. The number of hydrogen-bond acceptors (Lipinski definition) is 4. The zero-order valence-electron chi connectivity index (χ0n) is 12.7. The van der Waals surface area contributed by atoms with Gasteiger partial charge in [-0.3, -0.25) is 14.3 Å². The first-order valence-electron chi connectivity index (χ1n) is 6.55. The number of carbonyl (C=O) groups excluding carboxylic acids is 2. The predicted octanol–water partition coefficient (Wildman–Crippen LogP) is 0.0651. The quantitative estimate of drug-likeness (QED) is 0.798. The third-order valence-corrected chi connectivity index (χ3v) is 2.98. The highest BCUT2D eigenvalue weighted by molar-refractivity contribution is 5.84. The lowest BCUT2D eigenvalue weighted by atomic mass is 10.3. The summed E-state index contributed by atoms with van der Waals surface area (Å²) in [5.74, 6) is -0.363. The number of anilines is 1. The van der Waals surface area contributed by atoms with E-state index in [0.717, 1.165) is 5.69 Å². The first kappa shape index (κ1) is 16.0. The predicted molar refractivity (Wildman–Crippen MR) is 77.0 cm³/mol. The lowest BCUT2D eigenvalue weighted by Crippen LogP contribution is -2.42. The Labute approximate surface area is 119 Å². The summed E-state index contributed by atoms with van der Waals surface area (Å²) in [6.07, 6.45) is 0. The fourth-order valence-corrected chi connectivity index (χ4v) is 1.78. The third kappa shape index (κ3) is 3.97. The average molecular weight is 281 g/mol. The summed E-state index contributed by atoms with van der Waals surface area (Å²) >= 11 is 0. The molecule has 0 bridgehead atoms. The molecule has 0 saturated heterocycles. The Morgan fingerprint density at radius 3 is 2.45 bits per heavy atom. The van der Waals surface area contributed by atoms with Crippen LogP contribution in [0.5, 0.6) is 0 Å². The molecule has 0 aromatic carbocycles. The van der Waals surface area contributed by atoms with Gasteiger partial charge in [0.2, 0.25) is 11.8 Å². The Morgan fingerprint density at radius 2 is 2.00 bits per heavy atom. The van der Waals surface area contributed by atoms with Crippen LogP contribution in [0.15, 0.2) is 0 Å². The van der Waals surface area contributed by atoms with E-state index in [4.69, 9.17) is 5.73 Å². The van der Waals surface area contributed by atoms with Gasteiger partial charge in [0.25, 0.3) is 0 Å². The minimum Gasteiger partial charge on any atom is -0.396 e. The number of nitrogens with zero attached hydrogens (tertiary/aromatic N) is 3. The number of hydrogen-bond donors (Lipinski definition) is 2. The number of amides is 2. The van der Waals surface area contributed by atoms with Crippen molar-refractivity contribution in [1.82, 2.24) is 20.0 Å². The summed E-state index contributed by atoms with van der Waals surface area (Å²) in [6.45, 7) is 7.47. The molecule has 1 heterocycles. The molecule has 112 valence electrons. The Hall–Kier alpha value is -2.05. The molecule has 1 aromatic heterocycles. The van der Waals surface area contributed by atoms with E-state index in [-0.39, 0.29) is 30.9 Å². The second kappa shape index (κ2) is 6.40. The number of nitrogen functional groups attached to an aromatic ring is 1. The van der Waals surface area contributed by atoms with Gasteiger partial charge in [0, 0.05) is 13.1 Å². The number of nitrogens with one attached hydrogen (secondary N) is 1. The highest BCUT2D eigenvalue weighted by Crippen LogP contribution is 2.14. The van der Waals surface area contributed by atoms with Crippen LogP contribution in [0.1, 0.15) is 25.2 Å². The molecule has 1 aromatic rings. The van der Waals surface area contributed by atoms with Crippen LogP contribution in [0.25, 0.3) is 0 Å². The summed E-state index contributed by atoms with van der Waals surface area (Å²) in [5.41, 5.74) is 7.88. The molecule has 0 unspecified atom stereocenters. The molecule has 20 heavy (non-hydrogen) atoms. The lowest BCUT2D eigenvalue weighted by Gasteiger charge is -2.18. The zero-order chi connectivity index (χ0) is 15.4. The van der Waals surface area contributed by atoms with Gasteiger partial charge in [0.05, 0.1) is 23.6 Å². The van der Waals surface area contributed by atoms with E-state index in [9.17, 15) is 9.59 Å². The summed E-state index contributed by atoms with van der Waals surface area (Å²) in [4.78, 5) is 25.0. The standard InChI is InChI=1S/C13H23N5O2/c1-8(2)15-11(19)6-17(5)12(20)7-18-10(4)13(14)9(3)16-18/h8H,6-7,14H2,1-5H3,(H,15,19). The topological polar surface area (TPSA) is 93.2 Å². The number of rotatable bonds is 5. The highest BCUT2D eigenvalue weighted by Gasteiger charge is 2.16. The summed E-state index contributed by atoms with van der Waals surface area (Å²) < 4.78 is 1.56. The second-order valence-electron chi connectivity index (χ2n) is 5.21. The van der Waals surface area contributed by atoms with Crippen molar-refractivity contribution in [2.75, 3.05) is 19.3 Å². The SMILES string of the molecule is Cc1nn(CC(=O)N(C)CC(=O)NC(C)C)c(C)c1N. The van der Waals surface area contributed by atoms with Crippen LogP contribution < -0.4 is 11.1 Å².